The molecule has 3 heterocycles. The van der Waals surface area contributed by atoms with Gasteiger partial charge in [0.25, 0.3) is 11.8 Å². The normalized spacial score (nSPS) is 21.4. The molecule has 0 aliphatic carbocycles. The van der Waals surface area contributed by atoms with E-state index in [4.69, 9.17) is 16.4 Å². The summed E-state index contributed by atoms with van der Waals surface area (Å²) >= 11 is 8.75. The van der Waals surface area contributed by atoms with E-state index in [1.54, 1.807) is 25.1 Å². The Balaban J connectivity index is 1.59. The molecule has 2 aromatic rings. The number of thiophene rings is 1. The number of halogens is 1. The summed E-state index contributed by atoms with van der Waals surface area (Å²) in [5, 5.41) is 19.6. The third kappa shape index (κ3) is 3.34. The number of carbonyl (C=O) groups is 3. The Bertz CT molecular complexity index is 1140. The average Bonchev–Trinajstić information content (AvgIpc) is 3.12. The molecule has 1 aromatic carbocycles. The Kier molecular flexibility index (Phi) is 5.48. The molecule has 2 amide bonds. The minimum absolute atomic E-state index is 0.0128. The number of carboxylic acids is 1. The molecule has 1 aromatic heterocycles. The Labute approximate surface area is 184 Å². The second-order valence-corrected chi connectivity index (χ2v) is 9.13. The first-order valence-corrected chi connectivity index (χ1v) is 11.1. The fraction of sp³-hybridized carbons (Fsp3) is 0.263. The summed E-state index contributed by atoms with van der Waals surface area (Å²) in [6.07, 6.45) is 0. The van der Waals surface area contributed by atoms with E-state index in [1.807, 2.05) is 5.38 Å². The molecular weight excluding hydrogens is 450 g/mol. The first-order valence-electron chi connectivity index (χ1n) is 8.80. The Hall–Kier alpha value is -2.56. The van der Waals surface area contributed by atoms with Crippen molar-refractivity contribution in [1.29, 1.82) is 0 Å². The SMILES string of the molecule is CO/N=C(/C(=O)NC1C(=O)N2C(C(=O)O)=C(C)CS[C@H]12)c1scc2cc(Cl)ccc12. The number of rotatable bonds is 5. The molecular formula is C19H16ClN3O5S2. The van der Waals surface area contributed by atoms with Crippen molar-refractivity contribution < 1.29 is 24.3 Å². The monoisotopic (exact) mass is 465 g/mol. The van der Waals surface area contributed by atoms with Crippen LogP contribution in [0.15, 0.2) is 40.0 Å². The topological polar surface area (TPSA) is 108 Å². The smallest absolute Gasteiger partial charge is 0.352 e. The van der Waals surface area contributed by atoms with Gasteiger partial charge in [-0.25, -0.2) is 4.79 Å². The molecule has 30 heavy (non-hydrogen) atoms. The van der Waals surface area contributed by atoms with Crippen LogP contribution in [-0.4, -0.2) is 57.8 Å². The van der Waals surface area contributed by atoms with Gasteiger partial charge >= 0.3 is 5.97 Å². The second-order valence-electron chi connectivity index (χ2n) is 6.71. The zero-order valence-corrected chi connectivity index (χ0v) is 18.2. The number of hydrogen-bond donors (Lipinski definition) is 2. The lowest BCUT2D eigenvalue weighted by molar-refractivity contribution is -0.150. The van der Waals surface area contributed by atoms with E-state index in [2.05, 4.69) is 10.5 Å². The predicted octanol–water partition coefficient (Wildman–Crippen LogP) is 2.66. The summed E-state index contributed by atoms with van der Waals surface area (Å²) < 4.78 is 0. The number of nitrogens with zero attached hydrogens (tertiary/aromatic N) is 2. The summed E-state index contributed by atoms with van der Waals surface area (Å²) in [6, 6.07) is 4.46. The maximum Gasteiger partial charge on any atom is 0.352 e. The van der Waals surface area contributed by atoms with Crippen molar-refractivity contribution in [3.8, 4) is 0 Å². The number of thioether (sulfide) groups is 1. The van der Waals surface area contributed by atoms with Crippen LogP contribution in [0.1, 0.15) is 11.8 Å². The van der Waals surface area contributed by atoms with Gasteiger partial charge in [-0.15, -0.1) is 23.1 Å². The molecule has 0 saturated carbocycles. The summed E-state index contributed by atoms with van der Waals surface area (Å²) in [5.74, 6) is -1.71. The molecule has 4 rings (SSSR count). The highest BCUT2D eigenvalue weighted by Gasteiger charge is 2.54. The average molecular weight is 466 g/mol. The van der Waals surface area contributed by atoms with Gasteiger partial charge in [-0.2, -0.15) is 0 Å². The van der Waals surface area contributed by atoms with Crippen LogP contribution in [-0.2, 0) is 19.2 Å². The minimum atomic E-state index is -1.15. The number of β-lactam (4-membered cyclic amide) rings is 1. The molecule has 11 heteroatoms. The number of oxime groups is 1. The first kappa shape index (κ1) is 20.7. The van der Waals surface area contributed by atoms with Gasteiger partial charge in [0.05, 0.1) is 4.88 Å². The van der Waals surface area contributed by atoms with Crippen LogP contribution in [0.2, 0.25) is 5.02 Å². The summed E-state index contributed by atoms with van der Waals surface area (Å²) in [7, 11) is 1.33. The lowest BCUT2D eigenvalue weighted by Gasteiger charge is -2.49. The number of benzene rings is 1. The highest BCUT2D eigenvalue weighted by atomic mass is 35.5. The largest absolute Gasteiger partial charge is 0.477 e. The third-order valence-electron chi connectivity index (χ3n) is 4.82. The molecule has 0 bridgehead atoms. The lowest BCUT2D eigenvalue weighted by Crippen LogP contribution is -2.71. The van der Waals surface area contributed by atoms with E-state index in [1.165, 1.54) is 35.1 Å². The number of hydrogen-bond acceptors (Lipinski definition) is 7. The van der Waals surface area contributed by atoms with Crippen LogP contribution >= 0.6 is 34.7 Å². The fourth-order valence-corrected chi connectivity index (χ4v) is 5.94. The van der Waals surface area contributed by atoms with E-state index in [-0.39, 0.29) is 11.4 Å². The number of carboxylic acid groups (broad SMARTS) is 1. The van der Waals surface area contributed by atoms with Crippen LogP contribution in [0.3, 0.4) is 0 Å². The van der Waals surface area contributed by atoms with E-state index >= 15 is 0 Å². The summed E-state index contributed by atoms with van der Waals surface area (Å²) in [6.45, 7) is 1.68. The molecule has 0 radical (unpaired) electrons. The molecule has 1 saturated heterocycles. The van der Waals surface area contributed by atoms with Crippen molar-refractivity contribution in [3.63, 3.8) is 0 Å². The Morgan fingerprint density at radius 2 is 2.17 bits per heavy atom. The molecule has 1 fully saturated rings. The highest BCUT2D eigenvalue weighted by Crippen LogP contribution is 2.40. The first-order chi connectivity index (χ1) is 14.3. The van der Waals surface area contributed by atoms with Gasteiger partial charge in [-0.05, 0) is 35.4 Å². The zero-order valence-electron chi connectivity index (χ0n) is 15.8. The number of nitrogens with one attached hydrogen (secondary N) is 1. The van der Waals surface area contributed by atoms with Crippen molar-refractivity contribution >= 4 is 69.0 Å². The Morgan fingerprint density at radius 1 is 1.40 bits per heavy atom. The quantitative estimate of drug-likeness (QED) is 0.399. The van der Waals surface area contributed by atoms with Crippen molar-refractivity contribution in [1.82, 2.24) is 10.2 Å². The van der Waals surface area contributed by atoms with Crippen LogP contribution < -0.4 is 5.32 Å². The lowest BCUT2D eigenvalue weighted by atomic mass is 10.0. The van der Waals surface area contributed by atoms with E-state index in [9.17, 15) is 19.5 Å². The second kappa shape index (κ2) is 7.93. The summed E-state index contributed by atoms with van der Waals surface area (Å²) in [5.41, 5.74) is 0.644. The van der Waals surface area contributed by atoms with Gasteiger partial charge in [0, 0.05) is 16.2 Å². The van der Waals surface area contributed by atoms with Gasteiger partial charge < -0.3 is 15.3 Å². The third-order valence-corrected chi connectivity index (χ3v) is 7.50. The minimum Gasteiger partial charge on any atom is -0.477 e. The maximum atomic E-state index is 13.0. The number of fused-ring (bicyclic) bond motifs is 2. The maximum absolute atomic E-state index is 13.0. The van der Waals surface area contributed by atoms with Crippen molar-refractivity contribution in [2.45, 2.75) is 18.3 Å². The molecule has 2 aliphatic heterocycles. The van der Waals surface area contributed by atoms with Gasteiger partial charge in [0.15, 0.2) is 5.71 Å². The number of amides is 2. The van der Waals surface area contributed by atoms with Crippen LogP contribution in [0.5, 0.6) is 0 Å². The molecule has 2 atom stereocenters. The van der Waals surface area contributed by atoms with Gasteiger partial charge in [-0.1, -0.05) is 22.8 Å². The number of carbonyl (C=O) groups excluding carboxylic acids is 2. The van der Waals surface area contributed by atoms with Gasteiger partial charge in [0.1, 0.15) is 24.2 Å². The van der Waals surface area contributed by atoms with Gasteiger partial charge in [-0.3, -0.25) is 14.5 Å². The van der Waals surface area contributed by atoms with Crippen LogP contribution in [0.25, 0.3) is 10.8 Å². The molecule has 2 aliphatic rings. The molecule has 0 spiro atoms. The summed E-state index contributed by atoms with van der Waals surface area (Å²) in [4.78, 5) is 43.8. The molecule has 8 nitrogen and oxygen atoms in total. The van der Waals surface area contributed by atoms with E-state index in [0.29, 0.717) is 21.2 Å². The van der Waals surface area contributed by atoms with Gasteiger partial charge in [0.2, 0.25) is 0 Å². The molecule has 2 N–H and O–H groups in total. The van der Waals surface area contributed by atoms with Crippen LogP contribution in [0.4, 0.5) is 0 Å². The Morgan fingerprint density at radius 3 is 2.87 bits per heavy atom. The number of aliphatic carboxylic acids is 1. The van der Waals surface area contributed by atoms with E-state index < -0.39 is 29.2 Å². The van der Waals surface area contributed by atoms with Crippen molar-refractivity contribution in [3.05, 3.63) is 44.7 Å². The zero-order chi connectivity index (χ0) is 21.6. The molecule has 1 unspecified atom stereocenters. The molecule has 156 valence electrons. The fourth-order valence-electron chi connectivity index (χ4n) is 3.47. The highest BCUT2D eigenvalue weighted by molar-refractivity contribution is 8.00. The van der Waals surface area contributed by atoms with Crippen molar-refractivity contribution in [2.24, 2.45) is 5.16 Å². The van der Waals surface area contributed by atoms with Crippen molar-refractivity contribution in [2.75, 3.05) is 12.9 Å². The van der Waals surface area contributed by atoms with E-state index in [0.717, 1.165) is 10.8 Å². The predicted molar refractivity (Wildman–Crippen MR) is 116 cm³/mol. The standard InChI is InChI=1S/C19H16ClN3O5S2/c1-8-6-30-18-13(17(25)23(18)14(8)19(26)27)21-16(24)12(22-28-2)15-11-4-3-10(20)5-9(11)7-29-15/h3-5,7,13,18H,6H2,1-2H3,(H,21,24)(H,26,27)/b22-12+/t13?,18-/m1/s1. The van der Waals surface area contributed by atoms with Crippen LogP contribution in [0, 0.1) is 0 Å².